The number of anilines is 1. The molecule has 100 valence electrons. The van der Waals surface area contributed by atoms with Crippen LogP contribution in [0.25, 0.3) is 0 Å². The monoisotopic (exact) mass is 261 g/mol. The van der Waals surface area contributed by atoms with Gasteiger partial charge in [-0.25, -0.2) is 4.39 Å². The summed E-state index contributed by atoms with van der Waals surface area (Å²) in [6, 6.07) is 4.64. The minimum Gasteiger partial charge on any atom is -0.324 e. The van der Waals surface area contributed by atoms with Gasteiger partial charge in [0.15, 0.2) is 0 Å². The van der Waals surface area contributed by atoms with E-state index in [0.29, 0.717) is 12.8 Å². The van der Waals surface area contributed by atoms with E-state index in [4.69, 9.17) is 0 Å². The van der Waals surface area contributed by atoms with Crippen LogP contribution in [-0.2, 0) is 18.3 Å². The summed E-state index contributed by atoms with van der Waals surface area (Å²) < 4.78 is 15.2. The van der Waals surface area contributed by atoms with Crippen LogP contribution < -0.4 is 5.32 Å². The van der Waals surface area contributed by atoms with Gasteiger partial charge in [0.2, 0.25) is 5.91 Å². The molecule has 2 aromatic rings. The average molecular weight is 261 g/mol. The molecule has 0 fully saturated rings. The summed E-state index contributed by atoms with van der Waals surface area (Å²) in [5.74, 6) is -0.617. The quantitative estimate of drug-likeness (QED) is 0.918. The Kier molecular flexibility index (Phi) is 3.94. The lowest BCUT2D eigenvalue weighted by Crippen LogP contribution is -2.13. The Bertz CT molecular complexity index is 592. The number of carbonyl (C=O) groups is 1. The third kappa shape index (κ3) is 3.64. The second kappa shape index (κ2) is 5.65. The van der Waals surface area contributed by atoms with Crippen molar-refractivity contribution in [3.05, 3.63) is 47.5 Å². The number of rotatable bonds is 4. The van der Waals surface area contributed by atoms with Crippen LogP contribution in [-0.4, -0.2) is 15.7 Å². The molecule has 1 aromatic carbocycles. The number of nitrogens with one attached hydrogen (secondary N) is 1. The summed E-state index contributed by atoms with van der Waals surface area (Å²) in [4.78, 5) is 11.8. The van der Waals surface area contributed by atoms with Gasteiger partial charge in [-0.3, -0.25) is 9.48 Å². The van der Waals surface area contributed by atoms with E-state index in [1.807, 2.05) is 20.2 Å². The number of nitrogens with zero attached hydrogens (tertiary/aromatic N) is 2. The van der Waals surface area contributed by atoms with Gasteiger partial charge in [-0.2, -0.15) is 5.10 Å². The normalized spacial score (nSPS) is 10.5. The van der Waals surface area contributed by atoms with E-state index in [1.165, 1.54) is 6.07 Å². The highest BCUT2D eigenvalue weighted by Gasteiger charge is 2.08. The first-order valence-electron chi connectivity index (χ1n) is 6.08. The zero-order valence-corrected chi connectivity index (χ0v) is 11.0. The number of aryl methyl sites for hydroxylation is 3. The summed E-state index contributed by atoms with van der Waals surface area (Å²) in [5.41, 5.74) is 2.13. The predicted octanol–water partition coefficient (Wildman–Crippen LogP) is 2.44. The molecule has 5 heteroatoms. The van der Waals surface area contributed by atoms with E-state index < -0.39 is 5.82 Å². The van der Waals surface area contributed by atoms with Crippen molar-refractivity contribution in [1.82, 2.24) is 9.78 Å². The smallest absolute Gasteiger partial charge is 0.224 e. The van der Waals surface area contributed by atoms with E-state index in [0.717, 1.165) is 11.1 Å². The van der Waals surface area contributed by atoms with Crippen molar-refractivity contribution in [2.24, 2.45) is 7.05 Å². The van der Waals surface area contributed by atoms with Gasteiger partial charge in [0.05, 0.1) is 11.9 Å². The molecule has 0 unspecified atom stereocenters. The molecule has 19 heavy (non-hydrogen) atoms. The van der Waals surface area contributed by atoms with Gasteiger partial charge in [0, 0.05) is 19.7 Å². The Balaban J connectivity index is 1.92. The molecule has 0 radical (unpaired) electrons. The lowest BCUT2D eigenvalue weighted by molar-refractivity contribution is -0.116. The Morgan fingerprint density at radius 1 is 1.47 bits per heavy atom. The molecule has 4 nitrogen and oxygen atoms in total. The van der Waals surface area contributed by atoms with Gasteiger partial charge in [-0.05, 0) is 36.6 Å². The van der Waals surface area contributed by atoms with Gasteiger partial charge < -0.3 is 5.32 Å². The van der Waals surface area contributed by atoms with Crippen LogP contribution in [0.2, 0.25) is 0 Å². The number of benzene rings is 1. The molecule has 1 aromatic heterocycles. The van der Waals surface area contributed by atoms with E-state index >= 15 is 0 Å². The number of hydrogen-bond donors (Lipinski definition) is 1. The molecule has 0 spiro atoms. The van der Waals surface area contributed by atoms with Crippen molar-refractivity contribution in [2.75, 3.05) is 5.32 Å². The molecule has 1 amide bonds. The van der Waals surface area contributed by atoms with Crippen LogP contribution in [0.4, 0.5) is 10.1 Å². The average Bonchev–Trinajstić information content (AvgIpc) is 2.77. The number of aromatic nitrogens is 2. The van der Waals surface area contributed by atoms with Gasteiger partial charge in [0.25, 0.3) is 0 Å². The standard InChI is InChI=1S/C14H16FN3O/c1-10-3-5-12(15)13(7-10)17-14(19)6-4-11-8-16-18(2)9-11/h3,5,7-9H,4,6H2,1-2H3,(H,17,19). The molecule has 0 aliphatic rings. The fourth-order valence-corrected chi connectivity index (χ4v) is 1.81. The Morgan fingerprint density at radius 2 is 2.26 bits per heavy atom. The summed E-state index contributed by atoms with van der Waals surface area (Å²) in [6.07, 6.45) is 4.48. The highest BCUT2D eigenvalue weighted by atomic mass is 19.1. The van der Waals surface area contributed by atoms with E-state index in [1.54, 1.807) is 23.0 Å². The first-order chi connectivity index (χ1) is 9.04. The fourth-order valence-electron chi connectivity index (χ4n) is 1.81. The summed E-state index contributed by atoms with van der Waals surface area (Å²) in [5, 5.41) is 6.62. The Hall–Kier alpha value is -2.17. The number of halogens is 1. The molecule has 0 saturated carbocycles. The maximum absolute atomic E-state index is 13.5. The molecule has 0 atom stereocenters. The predicted molar refractivity (Wildman–Crippen MR) is 71.3 cm³/mol. The van der Waals surface area contributed by atoms with Crippen molar-refractivity contribution in [2.45, 2.75) is 19.8 Å². The maximum Gasteiger partial charge on any atom is 0.224 e. The van der Waals surface area contributed by atoms with Crippen LogP contribution in [0.1, 0.15) is 17.5 Å². The topological polar surface area (TPSA) is 46.9 Å². The van der Waals surface area contributed by atoms with Crippen LogP contribution >= 0.6 is 0 Å². The fraction of sp³-hybridized carbons (Fsp3) is 0.286. The minimum atomic E-state index is -0.416. The Morgan fingerprint density at radius 3 is 2.95 bits per heavy atom. The van der Waals surface area contributed by atoms with Crippen molar-refractivity contribution in [1.29, 1.82) is 0 Å². The summed E-state index contributed by atoms with van der Waals surface area (Å²) in [7, 11) is 1.83. The van der Waals surface area contributed by atoms with E-state index in [2.05, 4.69) is 10.4 Å². The zero-order chi connectivity index (χ0) is 13.8. The minimum absolute atomic E-state index is 0.201. The van der Waals surface area contributed by atoms with E-state index in [9.17, 15) is 9.18 Å². The van der Waals surface area contributed by atoms with Crippen LogP contribution in [0.15, 0.2) is 30.6 Å². The highest BCUT2D eigenvalue weighted by molar-refractivity contribution is 5.91. The molecule has 0 saturated heterocycles. The largest absolute Gasteiger partial charge is 0.324 e. The second-order valence-corrected chi connectivity index (χ2v) is 4.55. The molecule has 0 aliphatic heterocycles. The zero-order valence-electron chi connectivity index (χ0n) is 11.0. The van der Waals surface area contributed by atoms with Crippen LogP contribution in [0, 0.1) is 12.7 Å². The summed E-state index contributed by atoms with van der Waals surface area (Å²) in [6.45, 7) is 1.85. The van der Waals surface area contributed by atoms with Gasteiger partial charge in [0.1, 0.15) is 5.82 Å². The number of carbonyl (C=O) groups excluding carboxylic acids is 1. The SMILES string of the molecule is Cc1ccc(F)c(NC(=O)CCc2cnn(C)c2)c1. The molecule has 0 bridgehead atoms. The van der Waals surface area contributed by atoms with Crippen LogP contribution in [0.3, 0.4) is 0 Å². The van der Waals surface area contributed by atoms with Gasteiger partial charge in [-0.15, -0.1) is 0 Å². The number of hydrogen-bond acceptors (Lipinski definition) is 2. The third-order valence-electron chi connectivity index (χ3n) is 2.80. The van der Waals surface area contributed by atoms with Gasteiger partial charge in [-0.1, -0.05) is 6.07 Å². The first-order valence-corrected chi connectivity index (χ1v) is 6.08. The molecule has 0 aliphatic carbocycles. The maximum atomic E-state index is 13.5. The lowest BCUT2D eigenvalue weighted by Gasteiger charge is -2.06. The highest BCUT2D eigenvalue weighted by Crippen LogP contribution is 2.16. The molecular formula is C14H16FN3O. The van der Waals surface area contributed by atoms with Crippen molar-refractivity contribution < 1.29 is 9.18 Å². The number of amides is 1. The first kappa shape index (κ1) is 13.3. The van der Waals surface area contributed by atoms with Crippen molar-refractivity contribution in [3.63, 3.8) is 0 Å². The van der Waals surface area contributed by atoms with Crippen LogP contribution in [0.5, 0.6) is 0 Å². The molecule has 1 N–H and O–H groups in total. The van der Waals surface area contributed by atoms with E-state index in [-0.39, 0.29) is 11.6 Å². The van der Waals surface area contributed by atoms with Gasteiger partial charge >= 0.3 is 0 Å². The Labute approximate surface area is 111 Å². The lowest BCUT2D eigenvalue weighted by atomic mass is 10.2. The molecular weight excluding hydrogens is 245 g/mol. The molecule has 2 rings (SSSR count). The third-order valence-corrected chi connectivity index (χ3v) is 2.80. The van der Waals surface area contributed by atoms with Crippen molar-refractivity contribution in [3.8, 4) is 0 Å². The summed E-state index contributed by atoms with van der Waals surface area (Å²) >= 11 is 0. The second-order valence-electron chi connectivity index (χ2n) is 4.55. The van der Waals surface area contributed by atoms with Crippen molar-refractivity contribution >= 4 is 11.6 Å². The molecule has 1 heterocycles.